The van der Waals surface area contributed by atoms with Crippen LogP contribution in [0.1, 0.15) is 28.7 Å². The molecule has 0 spiro atoms. The van der Waals surface area contributed by atoms with Gasteiger partial charge in [-0.3, -0.25) is 9.59 Å². The topological polar surface area (TPSA) is 59.4 Å². The van der Waals surface area contributed by atoms with Crippen LogP contribution in [-0.2, 0) is 17.9 Å². The van der Waals surface area contributed by atoms with E-state index in [-0.39, 0.29) is 17.2 Å². The zero-order valence-corrected chi connectivity index (χ0v) is 10.3. The van der Waals surface area contributed by atoms with Crippen LogP contribution in [0.5, 0.6) is 0 Å². The maximum absolute atomic E-state index is 11.8. The third-order valence-corrected chi connectivity index (χ3v) is 3.73. The highest BCUT2D eigenvalue weighted by Gasteiger charge is 2.28. The quantitative estimate of drug-likeness (QED) is 0.563. The Morgan fingerprint density at radius 3 is 2.82 bits per heavy atom. The Hall–Kier alpha value is -1.21. The van der Waals surface area contributed by atoms with E-state index in [0.717, 1.165) is 23.5 Å². The number of hydrogen-bond acceptors (Lipinski definition) is 5. The third-order valence-electron chi connectivity index (χ3n) is 2.67. The summed E-state index contributed by atoms with van der Waals surface area (Å²) in [6.45, 7) is 3.24. The first-order valence-corrected chi connectivity index (χ1v) is 6.27. The minimum Gasteiger partial charge on any atom is -0.328 e. The van der Waals surface area contributed by atoms with Crippen LogP contribution in [0.2, 0.25) is 0 Å². The lowest BCUT2D eigenvalue weighted by atomic mass is 9.91. The number of rotatable bonds is 4. The van der Waals surface area contributed by atoms with Gasteiger partial charge in [0, 0.05) is 13.1 Å². The fourth-order valence-corrected chi connectivity index (χ4v) is 2.91. The van der Waals surface area contributed by atoms with Gasteiger partial charge >= 0.3 is 4.87 Å². The Labute approximate surface area is 103 Å². The Kier molecular flexibility index (Phi) is 3.59. The Bertz CT molecular complexity index is 508. The highest BCUT2D eigenvalue weighted by molar-refractivity contribution is 7.11. The molecule has 0 aromatic carbocycles. The molecule has 0 N–H and O–H groups in total. The smallest absolute Gasteiger partial charge is 0.308 e. The van der Waals surface area contributed by atoms with Crippen molar-refractivity contribution in [2.75, 3.05) is 6.54 Å². The number of fused-ring (bicyclic) bond motifs is 1. The number of carbonyl (C=O) groups excluding carboxylic acids is 2. The van der Waals surface area contributed by atoms with Gasteiger partial charge in [-0.25, -0.2) is 0 Å². The number of carbonyl (C=O) groups is 2. The summed E-state index contributed by atoms with van der Waals surface area (Å²) >= 11 is 1.01. The van der Waals surface area contributed by atoms with Crippen LogP contribution in [0.15, 0.2) is 4.79 Å². The van der Waals surface area contributed by atoms with Crippen LogP contribution < -0.4 is 4.87 Å². The fourth-order valence-electron chi connectivity index (χ4n) is 1.95. The molecule has 0 aliphatic carbocycles. The van der Waals surface area contributed by atoms with E-state index in [1.54, 1.807) is 9.38 Å². The van der Waals surface area contributed by atoms with E-state index in [9.17, 15) is 14.4 Å². The summed E-state index contributed by atoms with van der Waals surface area (Å²) in [6.07, 6.45) is 1.50. The first-order chi connectivity index (χ1) is 8.17. The second-order valence-electron chi connectivity index (χ2n) is 3.91. The molecule has 1 radical (unpaired) electrons. The molecule has 0 amide bonds. The first kappa shape index (κ1) is 12.3. The Balaban J connectivity index is 2.39. The van der Waals surface area contributed by atoms with Crippen molar-refractivity contribution in [1.29, 1.82) is 0 Å². The molecule has 0 bridgehead atoms. The average molecular weight is 251 g/mol. The maximum atomic E-state index is 11.8. The number of aromatic nitrogens is 1. The molecule has 0 saturated carbocycles. The normalized spacial score (nSPS) is 15.7. The highest BCUT2D eigenvalue weighted by Crippen LogP contribution is 2.21. The van der Waals surface area contributed by atoms with E-state index in [1.165, 1.54) is 7.41 Å². The fraction of sp³-hybridized carbons (Fsp3) is 0.500. The van der Waals surface area contributed by atoms with Crippen LogP contribution in [0, 0.1) is 0 Å². The third kappa shape index (κ3) is 2.25. The van der Waals surface area contributed by atoms with Gasteiger partial charge in [0.05, 0.1) is 23.3 Å². The molecule has 1 aromatic heterocycles. The summed E-state index contributed by atoms with van der Waals surface area (Å²) in [5.41, 5.74) is 0.746. The predicted molar refractivity (Wildman–Crippen MR) is 66.1 cm³/mol. The van der Waals surface area contributed by atoms with Gasteiger partial charge in [0.2, 0.25) is 0 Å². The van der Waals surface area contributed by atoms with E-state index in [0.29, 0.717) is 24.2 Å². The Morgan fingerprint density at radius 1 is 1.41 bits per heavy atom. The molecule has 0 fully saturated rings. The Morgan fingerprint density at radius 2 is 2.18 bits per heavy atom. The molecule has 89 valence electrons. The summed E-state index contributed by atoms with van der Waals surface area (Å²) in [5.74, 6) is -0.0821. The van der Waals surface area contributed by atoms with Crippen molar-refractivity contribution in [1.82, 2.24) is 9.38 Å². The van der Waals surface area contributed by atoms with Gasteiger partial charge in [-0.05, 0) is 6.42 Å². The van der Waals surface area contributed by atoms with Gasteiger partial charge in [0.1, 0.15) is 0 Å². The summed E-state index contributed by atoms with van der Waals surface area (Å²) < 4.78 is 1.64. The van der Waals surface area contributed by atoms with E-state index in [4.69, 9.17) is 0 Å². The molecule has 1 aliphatic rings. The SMILES string of the molecule is CCCn1c2c(sc1=O)C(=O)CN([B]C=O)C2. The summed E-state index contributed by atoms with van der Waals surface area (Å²) in [5, 5.41) is 0. The molecule has 2 heterocycles. The van der Waals surface area contributed by atoms with Gasteiger partial charge in [-0.15, -0.1) is 0 Å². The lowest BCUT2D eigenvalue weighted by Crippen LogP contribution is -2.39. The monoisotopic (exact) mass is 251 g/mol. The maximum Gasteiger partial charge on any atom is 0.308 e. The molecule has 7 heteroatoms. The van der Waals surface area contributed by atoms with Crippen molar-refractivity contribution in [2.24, 2.45) is 0 Å². The second-order valence-corrected chi connectivity index (χ2v) is 4.87. The van der Waals surface area contributed by atoms with Gasteiger partial charge in [0.25, 0.3) is 7.41 Å². The number of hydrogen-bond donors (Lipinski definition) is 0. The van der Waals surface area contributed by atoms with Crippen molar-refractivity contribution in [3.05, 3.63) is 20.2 Å². The van der Waals surface area contributed by atoms with Crippen molar-refractivity contribution in [3.63, 3.8) is 0 Å². The second kappa shape index (κ2) is 4.97. The number of nitrogens with zero attached hydrogens (tertiary/aromatic N) is 2. The standard InChI is InChI=1S/C10H12BN2O3S/c1-2-3-13-7-4-12(11-6-14)5-8(15)9(7)17-10(13)16/h6H,2-5H2,1H3. The molecule has 5 nitrogen and oxygen atoms in total. The van der Waals surface area contributed by atoms with Gasteiger partial charge in [-0.2, -0.15) is 0 Å². The van der Waals surface area contributed by atoms with Crippen molar-refractivity contribution in [3.8, 4) is 0 Å². The molecule has 1 aliphatic heterocycles. The van der Waals surface area contributed by atoms with Crippen LogP contribution in [0.25, 0.3) is 0 Å². The molecule has 0 atom stereocenters. The summed E-state index contributed by atoms with van der Waals surface area (Å²) in [7, 11) is 1.35. The van der Waals surface area contributed by atoms with Gasteiger partial charge < -0.3 is 14.2 Å². The molecule has 0 unspecified atom stereocenters. The van der Waals surface area contributed by atoms with Gasteiger partial charge in [-0.1, -0.05) is 18.3 Å². The zero-order chi connectivity index (χ0) is 12.4. The minimum atomic E-state index is -0.0850. The van der Waals surface area contributed by atoms with E-state index < -0.39 is 0 Å². The molecule has 1 aromatic rings. The minimum absolute atomic E-state index is 0.0821. The van der Waals surface area contributed by atoms with Gasteiger partial charge in [0.15, 0.2) is 5.78 Å². The van der Waals surface area contributed by atoms with E-state index in [1.807, 2.05) is 6.92 Å². The molecular formula is C10H12BN2O3S. The van der Waals surface area contributed by atoms with Crippen molar-refractivity contribution < 1.29 is 9.59 Å². The van der Waals surface area contributed by atoms with Crippen LogP contribution in [0.4, 0.5) is 0 Å². The molecular weight excluding hydrogens is 239 g/mol. The molecule has 2 rings (SSSR count). The zero-order valence-electron chi connectivity index (χ0n) is 9.51. The van der Waals surface area contributed by atoms with Crippen molar-refractivity contribution in [2.45, 2.75) is 26.4 Å². The van der Waals surface area contributed by atoms with Crippen LogP contribution in [-0.4, -0.2) is 35.3 Å². The molecule has 17 heavy (non-hydrogen) atoms. The molecule has 0 saturated heterocycles. The summed E-state index contributed by atoms with van der Waals surface area (Å²) in [4.78, 5) is 36.1. The van der Waals surface area contributed by atoms with Crippen LogP contribution >= 0.6 is 11.3 Å². The lowest BCUT2D eigenvalue weighted by Gasteiger charge is -2.24. The first-order valence-electron chi connectivity index (χ1n) is 5.45. The predicted octanol–water partition coefficient (Wildman–Crippen LogP) is 0.127. The van der Waals surface area contributed by atoms with E-state index >= 15 is 0 Å². The van der Waals surface area contributed by atoms with E-state index in [2.05, 4.69) is 0 Å². The van der Waals surface area contributed by atoms with Crippen molar-refractivity contribution >= 4 is 30.7 Å². The average Bonchev–Trinajstić information content (AvgIpc) is 2.59. The largest absolute Gasteiger partial charge is 0.328 e. The van der Waals surface area contributed by atoms with Crippen LogP contribution in [0.3, 0.4) is 0 Å². The highest BCUT2D eigenvalue weighted by atomic mass is 32.1. The lowest BCUT2D eigenvalue weighted by molar-refractivity contribution is 0.0953. The summed E-state index contributed by atoms with van der Waals surface area (Å²) in [6, 6.07) is 0. The number of ketones is 1. The number of thiazole rings is 1. The number of Topliss-reactive ketones (excluding diaryl/α,β-unsaturated/α-hetero) is 1.